The number of fused-ring (bicyclic) bond motifs is 1. The van der Waals surface area contributed by atoms with Crippen LogP contribution in [0.1, 0.15) is 19.4 Å². The highest BCUT2D eigenvalue weighted by molar-refractivity contribution is 5.87. The van der Waals surface area contributed by atoms with Gasteiger partial charge in [0, 0.05) is 18.7 Å². The predicted molar refractivity (Wildman–Crippen MR) is 81.6 cm³/mol. The van der Waals surface area contributed by atoms with Crippen LogP contribution in [-0.4, -0.2) is 12.6 Å². The van der Waals surface area contributed by atoms with E-state index in [1.54, 1.807) is 0 Å². The van der Waals surface area contributed by atoms with Crippen molar-refractivity contribution in [3.8, 4) is 5.75 Å². The second-order valence-electron chi connectivity index (χ2n) is 4.85. The van der Waals surface area contributed by atoms with Gasteiger partial charge in [-0.25, -0.2) is 0 Å². The van der Waals surface area contributed by atoms with Crippen molar-refractivity contribution >= 4 is 10.8 Å². The van der Waals surface area contributed by atoms with Crippen molar-refractivity contribution in [2.24, 2.45) is 0 Å². The Bertz CT molecular complexity index is 560. The number of nitrogens with one attached hydrogen (secondary N) is 1. The maximum atomic E-state index is 5.92. The fourth-order valence-electron chi connectivity index (χ4n) is 2.16. The van der Waals surface area contributed by atoms with Crippen molar-refractivity contribution in [2.45, 2.75) is 26.5 Å². The summed E-state index contributed by atoms with van der Waals surface area (Å²) in [6, 6.07) is 12.6. The normalized spacial score (nSPS) is 10.9. The van der Waals surface area contributed by atoms with Crippen LogP contribution in [0.3, 0.4) is 0 Å². The summed E-state index contributed by atoms with van der Waals surface area (Å²) in [6.45, 7) is 9.42. The highest BCUT2D eigenvalue weighted by atomic mass is 16.5. The summed E-state index contributed by atoms with van der Waals surface area (Å²) >= 11 is 0. The molecule has 0 amide bonds. The molecule has 0 saturated carbocycles. The molecule has 0 atom stereocenters. The lowest BCUT2D eigenvalue weighted by Gasteiger charge is -2.16. The van der Waals surface area contributed by atoms with Crippen molar-refractivity contribution in [2.75, 3.05) is 6.54 Å². The van der Waals surface area contributed by atoms with Crippen molar-refractivity contribution in [1.29, 1.82) is 0 Å². The molecule has 0 radical (unpaired) electrons. The summed E-state index contributed by atoms with van der Waals surface area (Å²) < 4.78 is 5.92. The molecule has 2 aromatic carbocycles. The maximum absolute atomic E-state index is 5.92. The largest absolute Gasteiger partial charge is 0.491 e. The van der Waals surface area contributed by atoms with Gasteiger partial charge in [-0.05, 0) is 30.7 Å². The van der Waals surface area contributed by atoms with Crippen LogP contribution in [0.4, 0.5) is 0 Å². The Morgan fingerprint density at radius 2 is 2.00 bits per heavy atom. The zero-order valence-electron chi connectivity index (χ0n) is 11.6. The van der Waals surface area contributed by atoms with E-state index in [4.69, 9.17) is 4.74 Å². The maximum Gasteiger partial charge on any atom is 0.124 e. The standard InChI is InChI=1S/C17H21NO/c1-4-11-18-12-16-15-8-6-5-7-14(15)9-10-17(16)19-13(2)3/h4-10,13,18H,1,11-12H2,2-3H3. The molecule has 0 fully saturated rings. The van der Waals surface area contributed by atoms with Crippen LogP contribution < -0.4 is 10.1 Å². The van der Waals surface area contributed by atoms with Crippen LogP contribution in [0, 0.1) is 0 Å². The molecular weight excluding hydrogens is 234 g/mol. The van der Waals surface area contributed by atoms with Crippen LogP contribution in [0.15, 0.2) is 49.1 Å². The quantitative estimate of drug-likeness (QED) is 0.624. The first-order valence-electron chi connectivity index (χ1n) is 6.71. The topological polar surface area (TPSA) is 21.3 Å². The first-order valence-corrected chi connectivity index (χ1v) is 6.71. The lowest BCUT2D eigenvalue weighted by Crippen LogP contribution is -2.15. The highest BCUT2D eigenvalue weighted by Gasteiger charge is 2.09. The summed E-state index contributed by atoms with van der Waals surface area (Å²) in [5.74, 6) is 0.963. The van der Waals surface area contributed by atoms with Gasteiger partial charge >= 0.3 is 0 Å². The molecule has 2 aromatic rings. The summed E-state index contributed by atoms with van der Waals surface area (Å²) in [7, 11) is 0. The molecule has 0 bridgehead atoms. The minimum Gasteiger partial charge on any atom is -0.491 e. The van der Waals surface area contributed by atoms with E-state index in [1.165, 1.54) is 16.3 Å². The zero-order valence-corrected chi connectivity index (χ0v) is 11.6. The SMILES string of the molecule is C=CCNCc1c(OC(C)C)ccc2ccccc12. The molecule has 2 rings (SSSR count). The highest BCUT2D eigenvalue weighted by Crippen LogP contribution is 2.28. The average Bonchev–Trinajstić information content (AvgIpc) is 2.40. The number of ether oxygens (including phenoxy) is 1. The van der Waals surface area contributed by atoms with Gasteiger partial charge in [0.2, 0.25) is 0 Å². The Morgan fingerprint density at radius 3 is 2.74 bits per heavy atom. The summed E-state index contributed by atoms with van der Waals surface area (Å²) in [6.07, 6.45) is 2.05. The Kier molecular flexibility index (Phi) is 4.58. The van der Waals surface area contributed by atoms with Gasteiger partial charge in [-0.1, -0.05) is 36.4 Å². The van der Waals surface area contributed by atoms with E-state index in [0.717, 1.165) is 18.8 Å². The lowest BCUT2D eigenvalue weighted by molar-refractivity contribution is 0.240. The van der Waals surface area contributed by atoms with Crippen LogP contribution >= 0.6 is 0 Å². The zero-order chi connectivity index (χ0) is 13.7. The lowest BCUT2D eigenvalue weighted by atomic mass is 10.0. The molecule has 100 valence electrons. The van der Waals surface area contributed by atoms with Crippen molar-refractivity contribution in [1.82, 2.24) is 5.32 Å². The van der Waals surface area contributed by atoms with Crippen LogP contribution in [0.5, 0.6) is 5.75 Å². The van der Waals surface area contributed by atoms with Crippen molar-refractivity contribution < 1.29 is 4.74 Å². The predicted octanol–water partition coefficient (Wildman–Crippen LogP) is 3.90. The Morgan fingerprint density at radius 1 is 1.21 bits per heavy atom. The van der Waals surface area contributed by atoms with Crippen LogP contribution in [-0.2, 0) is 6.54 Å². The molecule has 0 aliphatic rings. The molecular formula is C17H21NO. The minimum absolute atomic E-state index is 0.180. The van der Waals surface area contributed by atoms with Gasteiger partial charge in [0.1, 0.15) is 5.75 Å². The summed E-state index contributed by atoms with van der Waals surface area (Å²) in [4.78, 5) is 0. The summed E-state index contributed by atoms with van der Waals surface area (Å²) in [5.41, 5.74) is 1.22. The molecule has 19 heavy (non-hydrogen) atoms. The molecule has 2 nitrogen and oxygen atoms in total. The van der Waals surface area contributed by atoms with E-state index in [2.05, 4.69) is 62.1 Å². The van der Waals surface area contributed by atoms with E-state index >= 15 is 0 Å². The molecule has 0 saturated heterocycles. The second-order valence-corrected chi connectivity index (χ2v) is 4.85. The second kappa shape index (κ2) is 6.39. The average molecular weight is 255 g/mol. The van der Waals surface area contributed by atoms with E-state index in [-0.39, 0.29) is 6.10 Å². The number of hydrogen-bond donors (Lipinski definition) is 1. The van der Waals surface area contributed by atoms with E-state index < -0.39 is 0 Å². The van der Waals surface area contributed by atoms with Crippen LogP contribution in [0.2, 0.25) is 0 Å². The molecule has 0 aromatic heterocycles. The monoisotopic (exact) mass is 255 g/mol. The van der Waals surface area contributed by atoms with E-state index in [1.807, 2.05) is 6.08 Å². The van der Waals surface area contributed by atoms with E-state index in [9.17, 15) is 0 Å². The smallest absolute Gasteiger partial charge is 0.124 e. The number of benzene rings is 2. The molecule has 0 heterocycles. The fourth-order valence-corrected chi connectivity index (χ4v) is 2.16. The number of hydrogen-bond acceptors (Lipinski definition) is 2. The summed E-state index contributed by atoms with van der Waals surface area (Å²) in [5, 5.41) is 5.85. The minimum atomic E-state index is 0.180. The molecule has 0 unspecified atom stereocenters. The molecule has 0 spiro atoms. The Hall–Kier alpha value is -1.80. The molecule has 0 aliphatic carbocycles. The third-order valence-corrected chi connectivity index (χ3v) is 2.95. The van der Waals surface area contributed by atoms with Gasteiger partial charge in [0.15, 0.2) is 0 Å². The van der Waals surface area contributed by atoms with Gasteiger partial charge in [0.05, 0.1) is 6.10 Å². The number of rotatable bonds is 6. The van der Waals surface area contributed by atoms with Crippen molar-refractivity contribution in [3.05, 3.63) is 54.6 Å². The Labute approximate surface area is 115 Å². The molecule has 0 aliphatic heterocycles. The first-order chi connectivity index (χ1) is 9.22. The van der Waals surface area contributed by atoms with Crippen LogP contribution in [0.25, 0.3) is 10.8 Å². The first kappa shape index (κ1) is 13.6. The van der Waals surface area contributed by atoms with Gasteiger partial charge in [-0.15, -0.1) is 6.58 Å². The molecule has 1 N–H and O–H groups in total. The Balaban J connectivity index is 2.41. The van der Waals surface area contributed by atoms with E-state index in [0.29, 0.717) is 0 Å². The van der Waals surface area contributed by atoms with Gasteiger partial charge < -0.3 is 10.1 Å². The third kappa shape index (κ3) is 3.36. The van der Waals surface area contributed by atoms with Gasteiger partial charge in [0.25, 0.3) is 0 Å². The third-order valence-electron chi connectivity index (χ3n) is 2.95. The fraction of sp³-hybridized carbons (Fsp3) is 0.294. The van der Waals surface area contributed by atoms with Gasteiger partial charge in [-0.2, -0.15) is 0 Å². The molecule has 2 heteroatoms. The van der Waals surface area contributed by atoms with Crippen molar-refractivity contribution in [3.63, 3.8) is 0 Å². The van der Waals surface area contributed by atoms with Gasteiger partial charge in [-0.3, -0.25) is 0 Å².